The molecule has 0 fully saturated rings. The first-order valence-electron chi connectivity index (χ1n) is 4.82. The molecule has 3 heteroatoms. The number of Topliss-reactive ketones (excluding diaryl/α,β-unsaturated/α-hetero) is 1. The molecule has 0 aromatic carbocycles. The van der Waals surface area contributed by atoms with E-state index >= 15 is 0 Å². The van der Waals surface area contributed by atoms with Crippen molar-refractivity contribution in [2.24, 2.45) is 11.8 Å². The predicted molar refractivity (Wildman–Crippen MR) is 54.8 cm³/mol. The Labute approximate surface area is 85.1 Å². The first-order valence-corrected chi connectivity index (χ1v) is 4.82. The van der Waals surface area contributed by atoms with Crippen LogP contribution in [-0.2, 0) is 14.3 Å². The Kier molecular flexibility index (Phi) is 5.84. The van der Waals surface area contributed by atoms with Gasteiger partial charge in [0.1, 0.15) is 5.78 Å². The molecule has 0 aromatic rings. The van der Waals surface area contributed by atoms with Crippen LogP contribution in [0.25, 0.3) is 0 Å². The maximum absolute atomic E-state index is 11.4. The van der Waals surface area contributed by atoms with Gasteiger partial charge in [-0.25, -0.2) is 0 Å². The van der Waals surface area contributed by atoms with E-state index in [2.05, 4.69) is 6.58 Å². The monoisotopic (exact) mass is 198 g/mol. The average molecular weight is 198 g/mol. The number of rotatable bonds is 6. The number of carbonyl (C=O) groups is 2. The maximum atomic E-state index is 11.4. The predicted octanol–water partition coefficient (Wildman–Crippen LogP) is 1.97. The highest BCUT2D eigenvalue weighted by Gasteiger charge is 2.27. The lowest BCUT2D eigenvalue weighted by Gasteiger charge is -2.18. The van der Waals surface area contributed by atoms with E-state index in [1.165, 1.54) is 6.92 Å². The minimum absolute atomic E-state index is 0.00505. The quantitative estimate of drug-likeness (QED) is 0.484. The van der Waals surface area contributed by atoms with Crippen LogP contribution in [0.3, 0.4) is 0 Å². The second kappa shape index (κ2) is 6.35. The Morgan fingerprint density at radius 1 is 1.50 bits per heavy atom. The SMILES string of the molecule is C=CC[C@H](C(C)=O)[C@H](C)C(=O)OCC. The Morgan fingerprint density at radius 3 is 2.43 bits per heavy atom. The molecular formula is C11H18O3. The summed E-state index contributed by atoms with van der Waals surface area (Å²) in [5, 5.41) is 0. The van der Waals surface area contributed by atoms with Crippen LogP contribution in [-0.4, -0.2) is 18.4 Å². The third kappa shape index (κ3) is 3.73. The van der Waals surface area contributed by atoms with Crippen molar-refractivity contribution in [3.8, 4) is 0 Å². The first-order chi connectivity index (χ1) is 6.54. The van der Waals surface area contributed by atoms with Crippen LogP contribution in [0.5, 0.6) is 0 Å². The molecule has 0 radical (unpaired) electrons. The Balaban J connectivity index is 4.41. The molecule has 0 heterocycles. The van der Waals surface area contributed by atoms with Crippen molar-refractivity contribution in [2.75, 3.05) is 6.61 Å². The van der Waals surface area contributed by atoms with E-state index in [9.17, 15) is 9.59 Å². The highest BCUT2D eigenvalue weighted by Crippen LogP contribution is 2.18. The molecule has 14 heavy (non-hydrogen) atoms. The highest BCUT2D eigenvalue weighted by molar-refractivity contribution is 5.85. The van der Waals surface area contributed by atoms with Gasteiger partial charge in [-0.15, -0.1) is 6.58 Å². The molecule has 0 rings (SSSR count). The van der Waals surface area contributed by atoms with Gasteiger partial charge in [0.2, 0.25) is 0 Å². The van der Waals surface area contributed by atoms with Crippen molar-refractivity contribution < 1.29 is 14.3 Å². The molecule has 0 saturated carbocycles. The minimum atomic E-state index is -0.384. The van der Waals surface area contributed by atoms with E-state index in [1.807, 2.05) is 0 Å². The largest absolute Gasteiger partial charge is 0.466 e. The van der Waals surface area contributed by atoms with Gasteiger partial charge in [0.15, 0.2) is 0 Å². The van der Waals surface area contributed by atoms with Gasteiger partial charge in [0, 0.05) is 5.92 Å². The van der Waals surface area contributed by atoms with Gasteiger partial charge in [0.25, 0.3) is 0 Å². The van der Waals surface area contributed by atoms with Crippen molar-refractivity contribution in [3.05, 3.63) is 12.7 Å². The van der Waals surface area contributed by atoms with Crippen molar-refractivity contribution >= 4 is 11.8 Å². The molecule has 3 nitrogen and oxygen atoms in total. The molecule has 0 unspecified atom stereocenters. The molecule has 2 atom stereocenters. The van der Waals surface area contributed by atoms with Crippen LogP contribution in [0.4, 0.5) is 0 Å². The number of hydrogen-bond acceptors (Lipinski definition) is 3. The van der Waals surface area contributed by atoms with Gasteiger partial charge in [-0.1, -0.05) is 13.0 Å². The Bertz CT molecular complexity index is 221. The summed E-state index contributed by atoms with van der Waals surface area (Å²) in [7, 11) is 0. The van der Waals surface area contributed by atoms with Gasteiger partial charge >= 0.3 is 5.97 Å². The summed E-state index contributed by atoms with van der Waals surface area (Å²) in [6, 6.07) is 0. The lowest BCUT2D eigenvalue weighted by atomic mass is 9.88. The van der Waals surface area contributed by atoms with E-state index in [0.29, 0.717) is 13.0 Å². The number of carbonyl (C=O) groups excluding carboxylic acids is 2. The highest BCUT2D eigenvalue weighted by atomic mass is 16.5. The van der Waals surface area contributed by atoms with Crippen molar-refractivity contribution in [3.63, 3.8) is 0 Å². The van der Waals surface area contributed by atoms with Crippen LogP contribution in [0.15, 0.2) is 12.7 Å². The molecule has 0 spiro atoms. The maximum Gasteiger partial charge on any atom is 0.309 e. The summed E-state index contributed by atoms with van der Waals surface area (Å²) in [5.41, 5.74) is 0. The van der Waals surface area contributed by atoms with Crippen LogP contribution in [0.2, 0.25) is 0 Å². The molecular weight excluding hydrogens is 180 g/mol. The van der Waals surface area contributed by atoms with Crippen molar-refractivity contribution in [2.45, 2.75) is 27.2 Å². The molecule has 0 saturated heterocycles. The molecule has 0 aliphatic heterocycles. The first kappa shape index (κ1) is 12.9. The molecule has 80 valence electrons. The zero-order valence-electron chi connectivity index (χ0n) is 9.08. The van der Waals surface area contributed by atoms with Gasteiger partial charge < -0.3 is 4.74 Å². The zero-order valence-corrected chi connectivity index (χ0v) is 9.08. The number of allylic oxidation sites excluding steroid dienone is 1. The van der Waals surface area contributed by atoms with E-state index in [0.717, 1.165) is 0 Å². The summed E-state index contributed by atoms with van der Waals surface area (Å²) in [6.07, 6.45) is 2.18. The smallest absolute Gasteiger partial charge is 0.309 e. The summed E-state index contributed by atoms with van der Waals surface area (Å²) in [6.45, 7) is 8.87. The van der Waals surface area contributed by atoms with Crippen LogP contribution in [0.1, 0.15) is 27.2 Å². The fourth-order valence-corrected chi connectivity index (χ4v) is 1.34. The normalized spacial score (nSPS) is 14.2. The third-order valence-corrected chi connectivity index (χ3v) is 2.20. The number of hydrogen-bond donors (Lipinski definition) is 0. The lowest BCUT2D eigenvalue weighted by molar-refractivity contribution is -0.151. The van der Waals surface area contributed by atoms with Gasteiger partial charge in [-0.05, 0) is 20.3 Å². The summed E-state index contributed by atoms with van der Waals surface area (Å²) < 4.78 is 4.86. The van der Waals surface area contributed by atoms with Crippen molar-refractivity contribution in [1.29, 1.82) is 0 Å². The Hall–Kier alpha value is -1.12. The van der Waals surface area contributed by atoms with Gasteiger partial charge in [-0.2, -0.15) is 0 Å². The van der Waals surface area contributed by atoms with Crippen LogP contribution < -0.4 is 0 Å². The minimum Gasteiger partial charge on any atom is -0.466 e. The molecule has 0 aliphatic rings. The lowest BCUT2D eigenvalue weighted by Crippen LogP contribution is -2.27. The number of ketones is 1. The van der Waals surface area contributed by atoms with E-state index < -0.39 is 0 Å². The van der Waals surface area contributed by atoms with Crippen LogP contribution in [0, 0.1) is 11.8 Å². The van der Waals surface area contributed by atoms with E-state index in [1.54, 1.807) is 19.9 Å². The molecule has 0 N–H and O–H groups in total. The molecule has 0 bridgehead atoms. The standard InChI is InChI=1S/C11H18O3/c1-5-7-10(9(4)12)8(3)11(13)14-6-2/h5,8,10H,1,6-7H2,2-4H3/t8-,10-/m0/s1. The van der Waals surface area contributed by atoms with Crippen molar-refractivity contribution in [1.82, 2.24) is 0 Å². The summed E-state index contributed by atoms with van der Waals surface area (Å²) >= 11 is 0. The molecule has 0 aliphatic carbocycles. The average Bonchev–Trinajstić information content (AvgIpc) is 2.13. The molecule has 0 aromatic heterocycles. The zero-order chi connectivity index (χ0) is 11.1. The number of esters is 1. The van der Waals surface area contributed by atoms with Crippen LogP contribution >= 0.6 is 0 Å². The second-order valence-corrected chi connectivity index (χ2v) is 3.28. The Morgan fingerprint density at radius 2 is 2.07 bits per heavy atom. The summed E-state index contributed by atoms with van der Waals surface area (Å²) in [4.78, 5) is 22.6. The summed E-state index contributed by atoms with van der Waals surface area (Å²) in [5.74, 6) is -0.989. The second-order valence-electron chi connectivity index (χ2n) is 3.28. The number of ether oxygens (including phenoxy) is 1. The van der Waals surface area contributed by atoms with E-state index in [-0.39, 0.29) is 23.6 Å². The van der Waals surface area contributed by atoms with E-state index in [4.69, 9.17) is 4.74 Å². The van der Waals surface area contributed by atoms with Gasteiger partial charge in [-0.3, -0.25) is 9.59 Å². The fourth-order valence-electron chi connectivity index (χ4n) is 1.34. The van der Waals surface area contributed by atoms with Gasteiger partial charge in [0.05, 0.1) is 12.5 Å². The topological polar surface area (TPSA) is 43.4 Å². The third-order valence-electron chi connectivity index (χ3n) is 2.20. The molecule has 0 amide bonds. The fraction of sp³-hybridized carbons (Fsp3) is 0.636.